The summed E-state index contributed by atoms with van der Waals surface area (Å²) in [7, 11) is 0. The first-order valence-corrected chi connectivity index (χ1v) is 3.84. The highest BCUT2D eigenvalue weighted by Crippen LogP contribution is 2.21. The third-order valence-corrected chi connectivity index (χ3v) is 1.89. The lowest BCUT2D eigenvalue weighted by atomic mass is 10.2. The predicted molar refractivity (Wildman–Crippen MR) is 46.7 cm³/mol. The summed E-state index contributed by atoms with van der Waals surface area (Å²) in [6, 6.07) is 4.72. The first kappa shape index (κ1) is 7.50. The fourth-order valence-corrected chi connectivity index (χ4v) is 1.33. The van der Waals surface area contributed by atoms with Crippen LogP contribution >= 0.6 is 11.6 Å². The van der Waals surface area contributed by atoms with Gasteiger partial charge in [-0.3, -0.25) is 4.98 Å². The SMILES string of the molecule is Fc1cc(Cl)cc2ccncc12. The van der Waals surface area contributed by atoms with E-state index in [4.69, 9.17) is 11.6 Å². The highest BCUT2D eigenvalue weighted by Gasteiger charge is 2.01. The zero-order valence-electron chi connectivity index (χ0n) is 6.09. The van der Waals surface area contributed by atoms with Crippen molar-refractivity contribution >= 4 is 22.4 Å². The molecule has 0 fully saturated rings. The molecule has 0 saturated carbocycles. The Morgan fingerprint density at radius 1 is 1.33 bits per heavy atom. The summed E-state index contributed by atoms with van der Waals surface area (Å²) >= 11 is 5.66. The van der Waals surface area contributed by atoms with E-state index in [0.29, 0.717) is 10.4 Å². The lowest BCUT2D eigenvalue weighted by Gasteiger charge is -1.98. The van der Waals surface area contributed by atoms with Crippen LogP contribution in [0.15, 0.2) is 30.6 Å². The van der Waals surface area contributed by atoms with Crippen LogP contribution in [0.2, 0.25) is 5.02 Å². The average molecular weight is 182 g/mol. The maximum Gasteiger partial charge on any atom is 0.134 e. The highest BCUT2D eigenvalue weighted by atomic mass is 35.5. The van der Waals surface area contributed by atoms with Crippen molar-refractivity contribution in [3.8, 4) is 0 Å². The number of benzene rings is 1. The number of nitrogens with zero attached hydrogens (tertiary/aromatic N) is 1. The Labute approximate surface area is 73.8 Å². The zero-order chi connectivity index (χ0) is 8.55. The molecule has 3 heteroatoms. The fraction of sp³-hybridized carbons (Fsp3) is 0. The molecular weight excluding hydrogens is 177 g/mol. The number of hydrogen-bond donors (Lipinski definition) is 0. The summed E-state index contributed by atoms with van der Waals surface area (Å²) in [5.41, 5.74) is 0. The summed E-state index contributed by atoms with van der Waals surface area (Å²) < 4.78 is 13.1. The van der Waals surface area contributed by atoms with Crippen molar-refractivity contribution in [1.82, 2.24) is 4.98 Å². The number of pyridine rings is 1. The molecule has 1 aromatic carbocycles. The van der Waals surface area contributed by atoms with Gasteiger partial charge in [0.05, 0.1) is 0 Å². The largest absolute Gasteiger partial charge is 0.264 e. The van der Waals surface area contributed by atoms with E-state index in [1.165, 1.54) is 12.3 Å². The molecule has 2 aromatic rings. The van der Waals surface area contributed by atoms with E-state index in [1.807, 2.05) is 0 Å². The van der Waals surface area contributed by atoms with Crippen molar-refractivity contribution in [3.63, 3.8) is 0 Å². The second-order valence-corrected chi connectivity index (χ2v) is 2.92. The maximum absolute atomic E-state index is 13.1. The smallest absolute Gasteiger partial charge is 0.134 e. The third kappa shape index (κ3) is 1.14. The van der Waals surface area contributed by atoms with Crippen LogP contribution in [0, 0.1) is 5.82 Å². The van der Waals surface area contributed by atoms with Crippen LogP contribution in [0.25, 0.3) is 10.8 Å². The molecule has 2 rings (SSSR count). The van der Waals surface area contributed by atoms with E-state index in [0.717, 1.165) is 5.39 Å². The van der Waals surface area contributed by atoms with Gasteiger partial charge >= 0.3 is 0 Å². The third-order valence-electron chi connectivity index (χ3n) is 1.67. The van der Waals surface area contributed by atoms with Gasteiger partial charge in [-0.25, -0.2) is 4.39 Å². The lowest BCUT2D eigenvalue weighted by Crippen LogP contribution is -1.80. The molecule has 0 spiro atoms. The first-order valence-electron chi connectivity index (χ1n) is 3.46. The molecule has 0 N–H and O–H groups in total. The van der Waals surface area contributed by atoms with Crippen LogP contribution in [0.4, 0.5) is 4.39 Å². The van der Waals surface area contributed by atoms with Gasteiger partial charge in [0.15, 0.2) is 0 Å². The summed E-state index contributed by atoms with van der Waals surface area (Å²) in [5, 5.41) is 1.68. The Balaban J connectivity index is 2.89. The van der Waals surface area contributed by atoms with Crippen molar-refractivity contribution in [2.75, 3.05) is 0 Å². The molecule has 0 unspecified atom stereocenters. The van der Waals surface area contributed by atoms with Gasteiger partial charge in [-0.1, -0.05) is 11.6 Å². The molecule has 12 heavy (non-hydrogen) atoms. The Morgan fingerprint density at radius 2 is 2.17 bits per heavy atom. The number of hydrogen-bond acceptors (Lipinski definition) is 1. The number of rotatable bonds is 0. The molecule has 1 nitrogen and oxygen atoms in total. The second kappa shape index (κ2) is 2.72. The quantitative estimate of drug-likeness (QED) is 0.609. The fourth-order valence-electron chi connectivity index (χ4n) is 1.12. The zero-order valence-corrected chi connectivity index (χ0v) is 6.85. The molecule has 0 amide bonds. The van der Waals surface area contributed by atoms with Crippen molar-refractivity contribution in [2.45, 2.75) is 0 Å². The van der Waals surface area contributed by atoms with Gasteiger partial charge in [-0.2, -0.15) is 0 Å². The number of fused-ring (bicyclic) bond motifs is 1. The van der Waals surface area contributed by atoms with E-state index in [2.05, 4.69) is 4.98 Å². The summed E-state index contributed by atoms with van der Waals surface area (Å²) in [4.78, 5) is 3.82. The standard InChI is InChI=1S/C9H5ClFN/c10-7-3-6-1-2-12-5-8(6)9(11)4-7/h1-5H. The first-order chi connectivity index (χ1) is 5.77. The molecule has 0 aliphatic heterocycles. The van der Waals surface area contributed by atoms with Crippen LogP contribution in [-0.2, 0) is 0 Å². The normalized spacial score (nSPS) is 10.5. The Kier molecular flexibility index (Phi) is 1.70. The molecule has 0 aliphatic carbocycles. The highest BCUT2D eigenvalue weighted by molar-refractivity contribution is 6.31. The average Bonchev–Trinajstić information content (AvgIpc) is 2.04. The van der Waals surface area contributed by atoms with E-state index in [9.17, 15) is 4.39 Å². The van der Waals surface area contributed by atoms with Crippen LogP contribution in [-0.4, -0.2) is 4.98 Å². The minimum atomic E-state index is -0.328. The topological polar surface area (TPSA) is 12.9 Å². The molecule has 0 aliphatic rings. The molecule has 0 radical (unpaired) electrons. The molecule has 60 valence electrons. The van der Waals surface area contributed by atoms with E-state index in [1.54, 1.807) is 18.3 Å². The minimum Gasteiger partial charge on any atom is -0.264 e. The van der Waals surface area contributed by atoms with Crippen LogP contribution < -0.4 is 0 Å². The summed E-state index contributed by atoms with van der Waals surface area (Å²) in [5.74, 6) is -0.328. The van der Waals surface area contributed by atoms with Gasteiger partial charge in [0, 0.05) is 22.8 Å². The minimum absolute atomic E-state index is 0.328. The van der Waals surface area contributed by atoms with Crippen LogP contribution in [0.1, 0.15) is 0 Å². The number of aromatic nitrogens is 1. The van der Waals surface area contributed by atoms with E-state index >= 15 is 0 Å². The van der Waals surface area contributed by atoms with Gasteiger partial charge in [0.1, 0.15) is 5.82 Å². The summed E-state index contributed by atoms with van der Waals surface area (Å²) in [6.07, 6.45) is 3.10. The van der Waals surface area contributed by atoms with Crippen molar-refractivity contribution < 1.29 is 4.39 Å². The van der Waals surface area contributed by atoms with Gasteiger partial charge < -0.3 is 0 Å². The molecule has 0 atom stereocenters. The molecule has 1 heterocycles. The van der Waals surface area contributed by atoms with E-state index in [-0.39, 0.29) is 5.82 Å². The van der Waals surface area contributed by atoms with Crippen LogP contribution in [0.5, 0.6) is 0 Å². The van der Waals surface area contributed by atoms with Crippen LogP contribution in [0.3, 0.4) is 0 Å². The molecule has 1 aromatic heterocycles. The van der Waals surface area contributed by atoms with Crippen molar-refractivity contribution in [3.05, 3.63) is 41.4 Å². The van der Waals surface area contributed by atoms with Gasteiger partial charge in [0.2, 0.25) is 0 Å². The van der Waals surface area contributed by atoms with Crippen molar-refractivity contribution in [1.29, 1.82) is 0 Å². The summed E-state index contributed by atoms with van der Waals surface area (Å²) in [6.45, 7) is 0. The lowest BCUT2D eigenvalue weighted by molar-refractivity contribution is 0.639. The Hall–Kier alpha value is -1.15. The molecule has 0 bridgehead atoms. The van der Waals surface area contributed by atoms with Gasteiger partial charge in [-0.05, 0) is 23.6 Å². The Morgan fingerprint density at radius 3 is 3.00 bits per heavy atom. The monoisotopic (exact) mass is 181 g/mol. The predicted octanol–water partition coefficient (Wildman–Crippen LogP) is 3.03. The van der Waals surface area contributed by atoms with E-state index < -0.39 is 0 Å². The molecule has 0 saturated heterocycles. The van der Waals surface area contributed by atoms with Crippen molar-refractivity contribution in [2.24, 2.45) is 0 Å². The number of halogens is 2. The Bertz CT molecular complexity index is 428. The van der Waals surface area contributed by atoms with Gasteiger partial charge in [-0.15, -0.1) is 0 Å². The second-order valence-electron chi connectivity index (χ2n) is 2.48. The van der Waals surface area contributed by atoms with Gasteiger partial charge in [0.25, 0.3) is 0 Å². The molecular formula is C9H5ClFN. The maximum atomic E-state index is 13.1.